The molecule has 168 valence electrons. The van der Waals surface area contributed by atoms with Crippen molar-refractivity contribution >= 4 is 17.5 Å². The van der Waals surface area contributed by atoms with E-state index in [4.69, 9.17) is 14.2 Å². The van der Waals surface area contributed by atoms with Crippen LogP contribution in [0.25, 0.3) is 0 Å². The number of ether oxygens (including phenoxy) is 3. The minimum atomic E-state index is -0.451. The Bertz CT molecular complexity index is 1160. The van der Waals surface area contributed by atoms with Crippen LogP contribution in [0.1, 0.15) is 23.6 Å². The standard InChI is InChI=1S/C26H24N2O5/c1-31-21-10-7-18(8-11-21)25(17-5-3-2-4-6-17)27-26(30)19-13-24(29)28(15-19)20-9-12-22-23(14-20)33-16-32-22/h2-12,14,19,25H,13,15-16H2,1H3,(H,27,30). The molecule has 2 unspecified atom stereocenters. The van der Waals surface area contributed by atoms with Gasteiger partial charge in [0, 0.05) is 24.7 Å². The van der Waals surface area contributed by atoms with Crippen LogP contribution in [0.5, 0.6) is 17.2 Å². The predicted molar refractivity (Wildman–Crippen MR) is 122 cm³/mol. The van der Waals surface area contributed by atoms with Crippen molar-refractivity contribution in [3.05, 3.63) is 83.9 Å². The summed E-state index contributed by atoms with van der Waals surface area (Å²) < 4.78 is 16.0. The number of benzene rings is 3. The number of carbonyl (C=O) groups is 2. The zero-order chi connectivity index (χ0) is 22.8. The second kappa shape index (κ2) is 8.86. The highest BCUT2D eigenvalue weighted by molar-refractivity contribution is 6.00. The van der Waals surface area contributed by atoms with E-state index in [0.717, 1.165) is 16.9 Å². The van der Waals surface area contributed by atoms with Gasteiger partial charge in [-0.05, 0) is 35.4 Å². The van der Waals surface area contributed by atoms with Crippen LogP contribution < -0.4 is 24.4 Å². The number of methoxy groups -OCH3 is 1. The van der Waals surface area contributed by atoms with E-state index >= 15 is 0 Å². The van der Waals surface area contributed by atoms with Gasteiger partial charge in [0.25, 0.3) is 0 Å². The van der Waals surface area contributed by atoms with Crippen molar-refractivity contribution in [1.29, 1.82) is 0 Å². The lowest BCUT2D eigenvalue weighted by Gasteiger charge is -2.22. The normalized spacial score (nSPS) is 17.7. The van der Waals surface area contributed by atoms with Crippen LogP contribution in [-0.4, -0.2) is 32.3 Å². The fraction of sp³-hybridized carbons (Fsp3) is 0.231. The molecule has 1 saturated heterocycles. The molecule has 5 rings (SSSR count). The first-order chi connectivity index (χ1) is 16.1. The molecular formula is C26H24N2O5. The lowest BCUT2D eigenvalue weighted by atomic mass is 9.97. The molecule has 2 amide bonds. The van der Waals surface area contributed by atoms with Gasteiger partial charge in [-0.25, -0.2) is 0 Å². The molecule has 7 nitrogen and oxygen atoms in total. The van der Waals surface area contributed by atoms with Gasteiger partial charge in [-0.1, -0.05) is 42.5 Å². The van der Waals surface area contributed by atoms with E-state index in [-0.39, 0.29) is 31.1 Å². The van der Waals surface area contributed by atoms with E-state index in [9.17, 15) is 9.59 Å². The van der Waals surface area contributed by atoms with Crippen molar-refractivity contribution in [3.63, 3.8) is 0 Å². The summed E-state index contributed by atoms with van der Waals surface area (Å²) in [5.74, 6) is 1.32. The molecule has 0 saturated carbocycles. The molecule has 1 fully saturated rings. The monoisotopic (exact) mass is 444 g/mol. The zero-order valence-electron chi connectivity index (χ0n) is 18.2. The smallest absolute Gasteiger partial charge is 0.231 e. The Morgan fingerprint density at radius 3 is 2.48 bits per heavy atom. The third-order valence-electron chi connectivity index (χ3n) is 6.03. The molecule has 0 radical (unpaired) electrons. The van der Waals surface area contributed by atoms with Crippen molar-refractivity contribution in [2.75, 3.05) is 25.3 Å². The summed E-state index contributed by atoms with van der Waals surface area (Å²) in [6.45, 7) is 0.485. The first kappa shape index (κ1) is 20.9. The molecule has 2 aliphatic heterocycles. The summed E-state index contributed by atoms with van der Waals surface area (Å²) in [7, 11) is 1.62. The molecule has 3 aromatic carbocycles. The lowest BCUT2D eigenvalue weighted by Crippen LogP contribution is -2.36. The van der Waals surface area contributed by atoms with Gasteiger partial charge in [-0.15, -0.1) is 0 Å². The molecule has 3 aromatic rings. The Kier molecular flexibility index (Phi) is 5.60. The third kappa shape index (κ3) is 4.22. The molecule has 2 atom stereocenters. The van der Waals surface area contributed by atoms with Crippen LogP contribution in [0, 0.1) is 5.92 Å². The van der Waals surface area contributed by atoms with Crippen LogP contribution in [0.4, 0.5) is 5.69 Å². The second-order valence-corrected chi connectivity index (χ2v) is 8.07. The molecule has 0 aliphatic carbocycles. The average molecular weight is 444 g/mol. The summed E-state index contributed by atoms with van der Waals surface area (Å²) in [4.78, 5) is 27.7. The van der Waals surface area contributed by atoms with E-state index < -0.39 is 5.92 Å². The molecular weight excluding hydrogens is 420 g/mol. The molecule has 7 heteroatoms. The molecule has 33 heavy (non-hydrogen) atoms. The maximum absolute atomic E-state index is 13.3. The summed E-state index contributed by atoms with van der Waals surface area (Å²) >= 11 is 0. The quantitative estimate of drug-likeness (QED) is 0.628. The van der Waals surface area contributed by atoms with Crippen LogP contribution in [-0.2, 0) is 9.59 Å². The summed E-state index contributed by atoms with van der Waals surface area (Å²) in [6, 6.07) is 22.5. The van der Waals surface area contributed by atoms with Crippen LogP contribution in [0.2, 0.25) is 0 Å². The third-order valence-corrected chi connectivity index (χ3v) is 6.03. The molecule has 0 aromatic heterocycles. The van der Waals surface area contributed by atoms with Gasteiger partial charge in [0.1, 0.15) is 5.75 Å². The van der Waals surface area contributed by atoms with Crippen molar-refractivity contribution < 1.29 is 23.8 Å². The van der Waals surface area contributed by atoms with Crippen LogP contribution in [0.3, 0.4) is 0 Å². The van der Waals surface area contributed by atoms with Crippen molar-refractivity contribution in [1.82, 2.24) is 5.32 Å². The van der Waals surface area contributed by atoms with Gasteiger partial charge >= 0.3 is 0 Å². The summed E-state index contributed by atoms with van der Waals surface area (Å²) in [5, 5.41) is 3.16. The van der Waals surface area contributed by atoms with E-state index in [1.165, 1.54) is 0 Å². The lowest BCUT2D eigenvalue weighted by molar-refractivity contribution is -0.126. The number of fused-ring (bicyclic) bond motifs is 1. The van der Waals surface area contributed by atoms with Crippen LogP contribution >= 0.6 is 0 Å². The molecule has 0 spiro atoms. The molecule has 2 aliphatic rings. The second-order valence-electron chi connectivity index (χ2n) is 8.07. The molecule has 0 bridgehead atoms. The summed E-state index contributed by atoms with van der Waals surface area (Å²) in [6.07, 6.45) is 0.157. The van der Waals surface area contributed by atoms with Gasteiger partial charge < -0.3 is 24.4 Å². The Morgan fingerprint density at radius 1 is 1.00 bits per heavy atom. The Hall–Kier alpha value is -4.00. The maximum atomic E-state index is 13.3. The first-order valence-electron chi connectivity index (χ1n) is 10.8. The number of nitrogens with zero attached hydrogens (tertiary/aromatic N) is 1. The average Bonchev–Trinajstić information content (AvgIpc) is 3.49. The highest BCUT2D eigenvalue weighted by atomic mass is 16.7. The predicted octanol–water partition coefficient (Wildman–Crippen LogP) is 3.68. The number of rotatable bonds is 6. The van der Waals surface area contributed by atoms with Gasteiger partial charge in [0.15, 0.2) is 11.5 Å². The highest BCUT2D eigenvalue weighted by Crippen LogP contribution is 2.37. The summed E-state index contributed by atoms with van der Waals surface area (Å²) in [5.41, 5.74) is 2.61. The van der Waals surface area contributed by atoms with Crippen molar-refractivity contribution in [2.45, 2.75) is 12.5 Å². The first-order valence-corrected chi connectivity index (χ1v) is 10.8. The molecule has 1 N–H and O–H groups in total. The SMILES string of the molecule is COc1ccc(C(NC(=O)C2CC(=O)N(c3ccc4c(c3)OCO4)C2)c2ccccc2)cc1. The van der Waals surface area contributed by atoms with Gasteiger partial charge in [-0.3, -0.25) is 9.59 Å². The van der Waals surface area contributed by atoms with Gasteiger partial charge in [-0.2, -0.15) is 0 Å². The number of hydrogen-bond donors (Lipinski definition) is 1. The number of carbonyl (C=O) groups excluding carboxylic acids is 2. The van der Waals surface area contributed by atoms with Crippen molar-refractivity contribution in [2.24, 2.45) is 5.92 Å². The maximum Gasteiger partial charge on any atom is 0.231 e. The van der Waals surface area contributed by atoms with E-state index in [2.05, 4.69) is 5.32 Å². The Morgan fingerprint density at radius 2 is 1.73 bits per heavy atom. The number of amides is 2. The molecule has 2 heterocycles. The topological polar surface area (TPSA) is 77.1 Å². The minimum absolute atomic E-state index is 0.0882. The van der Waals surface area contributed by atoms with Gasteiger partial charge in [0.05, 0.1) is 19.1 Å². The largest absolute Gasteiger partial charge is 0.497 e. The van der Waals surface area contributed by atoms with Crippen LogP contribution in [0.15, 0.2) is 72.8 Å². The van der Waals surface area contributed by atoms with E-state index in [1.54, 1.807) is 24.1 Å². The number of nitrogens with one attached hydrogen (secondary N) is 1. The zero-order valence-corrected chi connectivity index (χ0v) is 18.2. The minimum Gasteiger partial charge on any atom is -0.497 e. The highest BCUT2D eigenvalue weighted by Gasteiger charge is 2.36. The van der Waals surface area contributed by atoms with Gasteiger partial charge in [0.2, 0.25) is 18.6 Å². The Balaban J connectivity index is 1.34. The number of hydrogen-bond acceptors (Lipinski definition) is 5. The number of anilines is 1. The fourth-order valence-corrected chi connectivity index (χ4v) is 4.25. The van der Waals surface area contributed by atoms with E-state index in [0.29, 0.717) is 23.7 Å². The van der Waals surface area contributed by atoms with E-state index in [1.807, 2.05) is 60.7 Å². The van der Waals surface area contributed by atoms with Crippen molar-refractivity contribution in [3.8, 4) is 17.2 Å². The Labute approximate surface area is 191 Å². The fourth-order valence-electron chi connectivity index (χ4n) is 4.25.